The van der Waals surface area contributed by atoms with Crippen molar-refractivity contribution >= 4 is 5.91 Å². The summed E-state index contributed by atoms with van der Waals surface area (Å²) in [4.78, 5) is 15.1. The maximum atomic E-state index is 12.8. The summed E-state index contributed by atoms with van der Waals surface area (Å²) in [6.07, 6.45) is 6.32. The Morgan fingerprint density at radius 2 is 2.23 bits per heavy atom. The Morgan fingerprint density at radius 3 is 2.82 bits per heavy atom. The first-order valence-electron chi connectivity index (χ1n) is 8.29. The van der Waals surface area contributed by atoms with Gasteiger partial charge in [-0.1, -0.05) is 6.92 Å². The molecule has 2 heterocycles. The van der Waals surface area contributed by atoms with Crippen molar-refractivity contribution in [3.8, 4) is 0 Å². The number of rotatable bonds is 7. The van der Waals surface area contributed by atoms with Crippen LogP contribution in [0.15, 0.2) is 18.5 Å². The van der Waals surface area contributed by atoms with E-state index in [0.29, 0.717) is 12.6 Å². The molecule has 1 aliphatic rings. The maximum absolute atomic E-state index is 12.8. The molecule has 1 aromatic heterocycles. The number of carbonyl (C=O) groups is 1. The summed E-state index contributed by atoms with van der Waals surface area (Å²) >= 11 is 0. The SMILES string of the molecule is CCC(C)N(C)CCNC(=O)C1(n2cccn2)CCNCC1. The van der Waals surface area contributed by atoms with Crippen LogP contribution in [0.5, 0.6) is 0 Å². The summed E-state index contributed by atoms with van der Waals surface area (Å²) in [6, 6.07) is 2.42. The monoisotopic (exact) mass is 307 g/mol. The summed E-state index contributed by atoms with van der Waals surface area (Å²) in [5.41, 5.74) is -0.538. The molecule has 0 saturated carbocycles. The van der Waals surface area contributed by atoms with Crippen LogP contribution in [0.1, 0.15) is 33.1 Å². The van der Waals surface area contributed by atoms with Crippen LogP contribution in [0.3, 0.4) is 0 Å². The molecule has 1 fully saturated rings. The van der Waals surface area contributed by atoms with Gasteiger partial charge in [-0.2, -0.15) is 5.10 Å². The van der Waals surface area contributed by atoms with E-state index < -0.39 is 5.54 Å². The molecule has 124 valence electrons. The first-order valence-corrected chi connectivity index (χ1v) is 8.29. The summed E-state index contributed by atoms with van der Waals surface area (Å²) in [5, 5.41) is 10.8. The average molecular weight is 307 g/mol. The second kappa shape index (κ2) is 7.74. The third-order valence-electron chi connectivity index (χ3n) is 4.89. The summed E-state index contributed by atoms with van der Waals surface area (Å²) in [7, 11) is 2.11. The van der Waals surface area contributed by atoms with Gasteiger partial charge in [0.2, 0.25) is 5.91 Å². The van der Waals surface area contributed by atoms with Gasteiger partial charge in [0.1, 0.15) is 5.54 Å². The smallest absolute Gasteiger partial charge is 0.248 e. The van der Waals surface area contributed by atoms with Gasteiger partial charge in [-0.25, -0.2) is 0 Å². The van der Waals surface area contributed by atoms with Crippen molar-refractivity contribution in [3.05, 3.63) is 18.5 Å². The van der Waals surface area contributed by atoms with Crippen LogP contribution in [0.4, 0.5) is 0 Å². The molecule has 0 aliphatic carbocycles. The normalized spacial score (nSPS) is 19.1. The molecule has 1 unspecified atom stereocenters. The van der Waals surface area contributed by atoms with Gasteiger partial charge in [-0.05, 0) is 52.4 Å². The van der Waals surface area contributed by atoms with Gasteiger partial charge in [0, 0.05) is 31.5 Å². The van der Waals surface area contributed by atoms with Gasteiger partial charge < -0.3 is 15.5 Å². The van der Waals surface area contributed by atoms with Gasteiger partial charge >= 0.3 is 0 Å². The van der Waals surface area contributed by atoms with Crippen LogP contribution in [0.25, 0.3) is 0 Å². The van der Waals surface area contributed by atoms with Crippen LogP contribution < -0.4 is 10.6 Å². The Kier molecular flexibility index (Phi) is 5.97. The third-order valence-corrected chi connectivity index (χ3v) is 4.89. The quantitative estimate of drug-likeness (QED) is 0.782. The third kappa shape index (κ3) is 3.67. The predicted molar refractivity (Wildman–Crippen MR) is 87.7 cm³/mol. The largest absolute Gasteiger partial charge is 0.353 e. The Bertz CT molecular complexity index is 453. The summed E-state index contributed by atoms with van der Waals surface area (Å²) in [5.74, 6) is 0.0928. The fourth-order valence-electron chi connectivity index (χ4n) is 2.96. The highest BCUT2D eigenvalue weighted by Gasteiger charge is 2.41. The molecule has 0 aromatic carbocycles. The van der Waals surface area contributed by atoms with Crippen molar-refractivity contribution in [3.63, 3.8) is 0 Å². The lowest BCUT2D eigenvalue weighted by atomic mass is 9.87. The van der Waals surface area contributed by atoms with Crippen LogP contribution in [-0.4, -0.2) is 59.9 Å². The van der Waals surface area contributed by atoms with E-state index in [1.54, 1.807) is 6.20 Å². The molecule has 6 nitrogen and oxygen atoms in total. The lowest BCUT2D eigenvalue weighted by Crippen LogP contribution is -2.55. The molecule has 6 heteroatoms. The summed E-state index contributed by atoms with van der Waals surface area (Å²) in [6.45, 7) is 7.63. The van der Waals surface area contributed by atoms with E-state index in [9.17, 15) is 4.79 Å². The zero-order valence-electron chi connectivity index (χ0n) is 14.0. The van der Waals surface area contributed by atoms with Crippen LogP contribution >= 0.6 is 0 Å². The Balaban J connectivity index is 1.96. The molecule has 1 saturated heterocycles. The molecular formula is C16H29N5O. The van der Waals surface area contributed by atoms with Crippen molar-refractivity contribution in [2.75, 3.05) is 33.2 Å². The van der Waals surface area contributed by atoms with Crippen LogP contribution in [0, 0.1) is 0 Å². The Hall–Kier alpha value is -1.40. The molecule has 0 spiro atoms. The van der Waals surface area contributed by atoms with Crippen molar-refractivity contribution in [1.82, 2.24) is 25.3 Å². The number of nitrogens with one attached hydrogen (secondary N) is 2. The van der Waals surface area contributed by atoms with E-state index in [1.807, 2.05) is 16.9 Å². The first kappa shape index (κ1) is 17.0. The van der Waals surface area contributed by atoms with Gasteiger partial charge in [-0.3, -0.25) is 9.48 Å². The highest BCUT2D eigenvalue weighted by atomic mass is 16.2. The molecule has 1 amide bonds. The Labute approximate surface area is 133 Å². The predicted octanol–water partition coefficient (Wildman–Crippen LogP) is 0.808. The number of hydrogen-bond donors (Lipinski definition) is 2. The lowest BCUT2D eigenvalue weighted by Gasteiger charge is -2.36. The minimum Gasteiger partial charge on any atom is -0.353 e. The van der Waals surface area contributed by atoms with E-state index in [2.05, 4.69) is 41.5 Å². The van der Waals surface area contributed by atoms with E-state index in [0.717, 1.165) is 38.9 Å². The second-order valence-electron chi connectivity index (χ2n) is 6.23. The zero-order valence-corrected chi connectivity index (χ0v) is 14.0. The van der Waals surface area contributed by atoms with Gasteiger partial charge in [0.05, 0.1) is 0 Å². The van der Waals surface area contributed by atoms with Crippen molar-refractivity contribution in [1.29, 1.82) is 0 Å². The van der Waals surface area contributed by atoms with E-state index in [-0.39, 0.29) is 5.91 Å². The van der Waals surface area contributed by atoms with Gasteiger partial charge in [0.15, 0.2) is 0 Å². The number of aromatic nitrogens is 2. The molecule has 1 aromatic rings. The number of carbonyl (C=O) groups excluding carboxylic acids is 1. The van der Waals surface area contributed by atoms with Crippen molar-refractivity contribution < 1.29 is 4.79 Å². The standard InChI is InChI=1S/C16H29N5O/c1-4-14(2)20(3)13-11-18-15(22)16(6-9-17-10-7-16)21-12-5-8-19-21/h5,8,12,14,17H,4,6-7,9-11,13H2,1-3H3,(H,18,22). The average Bonchev–Trinajstić information content (AvgIpc) is 3.09. The number of likely N-dealkylation sites (N-methyl/N-ethyl adjacent to an activating group) is 1. The van der Waals surface area contributed by atoms with Crippen LogP contribution in [-0.2, 0) is 10.3 Å². The minimum absolute atomic E-state index is 0.0928. The molecule has 0 bridgehead atoms. The highest BCUT2D eigenvalue weighted by Crippen LogP contribution is 2.27. The van der Waals surface area contributed by atoms with E-state index >= 15 is 0 Å². The number of hydrogen-bond acceptors (Lipinski definition) is 4. The molecule has 2 rings (SSSR count). The van der Waals surface area contributed by atoms with Crippen LogP contribution in [0.2, 0.25) is 0 Å². The van der Waals surface area contributed by atoms with E-state index in [4.69, 9.17) is 0 Å². The minimum atomic E-state index is -0.538. The topological polar surface area (TPSA) is 62.2 Å². The Morgan fingerprint density at radius 1 is 1.50 bits per heavy atom. The fraction of sp³-hybridized carbons (Fsp3) is 0.750. The number of piperidine rings is 1. The fourth-order valence-corrected chi connectivity index (χ4v) is 2.96. The molecule has 22 heavy (non-hydrogen) atoms. The number of amides is 1. The maximum Gasteiger partial charge on any atom is 0.248 e. The number of nitrogens with zero attached hydrogens (tertiary/aromatic N) is 3. The zero-order chi connectivity index (χ0) is 16.0. The molecule has 2 N–H and O–H groups in total. The molecule has 1 atom stereocenters. The van der Waals surface area contributed by atoms with E-state index in [1.165, 1.54) is 0 Å². The van der Waals surface area contributed by atoms with Crippen molar-refractivity contribution in [2.24, 2.45) is 0 Å². The lowest BCUT2D eigenvalue weighted by molar-refractivity contribution is -0.132. The first-order chi connectivity index (χ1) is 10.6. The summed E-state index contributed by atoms with van der Waals surface area (Å²) < 4.78 is 1.83. The molecule has 1 aliphatic heterocycles. The molecule has 0 radical (unpaired) electrons. The van der Waals surface area contributed by atoms with Crippen molar-refractivity contribution in [2.45, 2.75) is 44.7 Å². The second-order valence-corrected chi connectivity index (χ2v) is 6.23. The highest BCUT2D eigenvalue weighted by molar-refractivity contribution is 5.84. The van der Waals surface area contributed by atoms with Gasteiger partial charge in [0.25, 0.3) is 0 Å². The molecular weight excluding hydrogens is 278 g/mol. The van der Waals surface area contributed by atoms with Gasteiger partial charge in [-0.15, -0.1) is 0 Å².